The standard InChI is InChI=1S/C27H35BrO7/c1-6-23(33)35-27(22(32)14-34-16(3)29)15(2)11-20-19-8-7-17-12-18(30)9-10-24(17,4)26(19,28)21(31)13-25(20,27)5/h9-10,12,15,19-21,31H,6-8,11,13-14H2,1-5H3/t15-,19-,20-,21-,24-,25-,26-,27-/m0/s1. The summed E-state index contributed by atoms with van der Waals surface area (Å²) in [5.74, 6) is -1.96. The predicted molar refractivity (Wildman–Crippen MR) is 131 cm³/mol. The van der Waals surface area contributed by atoms with Crippen LogP contribution in [0, 0.1) is 28.6 Å². The monoisotopic (exact) mass is 550 g/mol. The van der Waals surface area contributed by atoms with Gasteiger partial charge >= 0.3 is 11.9 Å². The number of esters is 2. The highest BCUT2D eigenvalue weighted by Gasteiger charge is 2.76. The van der Waals surface area contributed by atoms with Gasteiger partial charge in [0.05, 0.1) is 10.4 Å². The van der Waals surface area contributed by atoms with Crippen molar-refractivity contribution >= 4 is 39.4 Å². The Bertz CT molecular complexity index is 1030. The molecule has 4 aliphatic rings. The van der Waals surface area contributed by atoms with Crippen molar-refractivity contribution < 1.29 is 33.8 Å². The van der Waals surface area contributed by atoms with Crippen LogP contribution in [-0.2, 0) is 28.7 Å². The summed E-state index contributed by atoms with van der Waals surface area (Å²) in [4.78, 5) is 50.1. The van der Waals surface area contributed by atoms with Gasteiger partial charge < -0.3 is 14.6 Å². The summed E-state index contributed by atoms with van der Waals surface area (Å²) in [5, 5.41) is 11.8. The molecule has 3 saturated carbocycles. The largest absolute Gasteiger partial charge is 0.458 e. The van der Waals surface area contributed by atoms with E-state index < -0.39 is 51.2 Å². The van der Waals surface area contributed by atoms with E-state index in [1.165, 1.54) is 6.92 Å². The van der Waals surface area contributed by atoms with Crippen LogP contribution in [0.1, 0.15) is 66.7 Å². The van der Waals surface area contributed by atoms with Gasteiger partial charge in [-0.05, 0) is 49.7 Å². The van der Waals surface area contributed by atoms with Crippen LogP contribution >= 0.6 is 15.9 Å². The summed E-state index contributed by atoms with van der Waals surface area (Å²) < 4.78 is 10.4. The molecule has 0 unspecified atom stereocenters. The van der Waals surface area contributed by atoms with E-state index in [-0.39, 0.29) is 36.4 Å². The Kier molecular flexibility index (Phi) is 6.49. The minimum Gasteiger partial charge on any atom is -0.458 e. The van der Waals surface area contributed by atoms with Crippen LogP contribution in [0.5, 0.6) is 0 Å². The van der Waals surface area contributed by atoms with Crippen molar-refractivity contribution in [3.05, 3.63) is 23.8 Å². The van der Waals surface area contributed by atoms with Crippen LogP contribution in [-0.4, -0.2) is 51.2 Å². The van der Waals surface area contributed by atoms with Gasteiger partial charge in [0, 0.05) is 30.1 Å². The molecule has 192 valence electrons. The van der Waals surface area contributed by atoms with Gasteiger partial charge in [0.1, 0.15) is 0 Å². The molecule has 0 aliphatic heterocycles. The summed E-state index contributed by atoms with van der Waals surface area (Å²) >= 11 is 4.01. The SMILES string of the molecule is CCC(=O)O[C@]1(C(=O)COC(C)=O)[C@@H](C)C[C@H]2[C@@H]3CCC4=CC(=O)C=C[C@]4(C)[C@@]3(Br)[C@@H](O)C[C@@]21C. The molecule has 0 heterocycles. The van der Waals surface area contributed by atoms with Gasteiger partial charge in [-0.25, -0.2) is 0 Å². The van der Waals surface area contributed by atoms with Gasteiger partial charge in [-0.15, -0.1) is 0 Å². The van der Waals surface area contributed by atoms with Crippen LogP contribution < -0.4 is 0 Å². The number of allylic oxidation sites excluding steroid dienone is 4. The third-order valence-corrected chi connectivity index (χ3v) is 11.5. The van der Waals surface area contributed by atoms with Crippen molar-refractivity contribution in [2.75, 3.05) is 6.61 Å². The number of alkyl halides is 1. The summed E-state index contributed by atoms with van der Waals surface area (Å²) in [6.45, 7) is 8.35. The number of Topliss-reactive ketones (excluding diaryl/α,β-unsaturated/α-hetero) is 1. The van der Waals surface area contributed by atoms with Gasteiger partial charge in [-0.1, -0.05) is 55.3 Å². The van der Waals surface area contributed by atoms with Crippen molar-refractivity contribution in [1.29, 1.82) is 0 Å². The number of hydrogen-bond acceptors (Lipinski definition) is 7. The highest BCUT2D eigenvalue weighted by atomic mass is 79.9. The molecule has 8 heteroatoms. The van der Waals surface area contributed by atoms with E-state index in [4.69, 9.17) is 9.47 Å². The van der Waals surface area contributed by atoms with Gasteiger partial charge in [-0.3, -0.25) is 19.2 Å². The van der Waals surface area contributed by atoms with Crippen molar-refractivity contribution in [3.8, 4) is 0 Å². The van der Waals surface area contributed by atoms with Crippen molar-refractivity contribution in [1.82, 2.24) is 0 Å². The zero-order valence-electron chi connectivity index (χ0n) is 21.1. The Hall–Kier alpha value is -1.80. The zero-order chi connectivity index (χ0) is 26.0. The smallest absolute Gasteiger partial charge is 0.306 e. The first kappa shape index (κ1) is 26.3. The number of halogens is 1. The molecule has 0 aromatic heterocycles. The molecule has 0 saturated heterocycles. The third-order valence-electron chi connectivity index (χ3n) is 9.57. The molecule has 0 bridgehead atoms. The fourth-order valence-corrected chi connectivity index (χ4v) is 9.02. The van der Waals surface area contributed by atoms with Crippen LogP contribution in [0.2, 0.25) is 0 Å². The first-order valence-corrected chi connectivity index (χ1v) is 13.3. The number of ether oxygens (including phenoxy) is 2. The summed E-state index contributed by atoms with van der Waals surface area (Å²) in [5.41, 5.74) is -1.94. The van der Waals surface area contributed by atoms with E-state index in [1.807, 2.05) is 19.9 Å². The Labute approximate surface area is 214 Å². The normalized spacial score (nSPS) is 44.0. The molecule has 7 nitrogen and oxygen atoms in total. The maximum Gasteiger partial charge on any atom is 0.306 e. The molecule has 0 spiro atoms. The molecular weight excluding hydrogens is 516 g/mol. The van der Waals surface area contributed by atoms with Crippen molar-refractivity contribution in [3.63, 3.8) is 0 Å². The van der Waals surface area contributed by atoms with Gasteiger partial charge in [0.25, 0.3) is 0 Å². The Morgan fingerprint density at radius 2 is 1.91 bits per heavy atom. The topological polar surface area (TPSA) is 107 Å². The van der Waals surface area contributed by atoms with Gasteiger partial charge in [0.15, 0.2) is 18.0 Å². The first-order chi connectivity index (χ1) is 16.3. The molecule has 3 fully saturated rings. The Morgan fingerprint density at radius 1 is 1.23 bits per heavy atom. The van der Waals surface area contributed by atoms with E-state index in [9.17, 15) is 24.3 Å². The second-order valence-corrected chi connectivity index (χ2v) is 12.5. The zero-order valence-corrected chi connectivity index (χ0v) is 22.6. The second kappa shape index (κ2) is 8.65. The molecule has 1 N–H and O–H groups in total. The third kappa shape index (κ3) is 3.45. The molecular formula is C27H35BrO7. The van der Waals surface area contributed by atoms with E-state index in [0.29, 0.717) is 12.8 Å². The number of rotatable bonds is 5. The van der Waals surface area contributed by atoms with Crippen molar-refractivity contribution in [2.24, 2.45) is 28.6 Å². The minimum atomic E-state index is -1.51. The van der Waals surface area contributed by atoms with Crippen LogP contribution in [0.3, 0.4) is 0 Å². The number of ketones is 2. The van der Waals surface area contributed by atoms with Crippen LogP contribution in [0.15, 0.2) is 23.8 Å². The van der Waals surface area contributed by atoms with E-state index in [0.717, 1.165) is 12.0 Å². The van der Waals surface area contributed by atoms with E-state index >= 15 is 0 Å². The number of carbonyl (C=O) groups excluding carboxylic acids is 4. The molecule has 0 radical (unpaired) electrons. The molecule has 8 atom stereocenters. The average Bonchev–Trinajstić information content (AvgIpc) is 3.00. The summed E-state index contributed by atoms with van der Waals surface area (Å²) in [6, 6.07) is 0. The minimum absolute atomic E-state index is 0.0394. The van der Waals surface area contributed by atoms with Crippen molar-refractivity contribution in [2.45, 2.75) is 82.8 Å². The second-order valence-electron chi connectivity index (χ2n) is 11.2. The molecule has 0 amide bonds. The average molecular weight is 551 g/mol. The quantitative estimate of drug-likeness (QED) is 0.409. The number of aliphatic hydroxyl groups excluding tert-OH is 1. The van der Waals surface area contributed by atoms with Crippen LogP contribution in [0.25, 0.3) is 0 Å². The summed E-state index contributed by atoms with van der Waals surface area (Å²) in [6.07, 6.45) is 6.68. The highest BCUT2D eigenvalue weighted by Crippen LogP contribution is 2.72. The van der Waals surface area contributed by atoms with E-state index in [2.05, 4.69) is 22.9 Å². The molecule has 0 aromatic carbocycles. The van der Waals surface area contributed by atoms with E-state index in [1.54, 1.807) is 19.1 Å². The van der Waals surface area contributed by atoms with Gasteiger partial charge in [-0.2, -0.15) is 0 Å². The maximum atomic E-state index is 13.8. The summed E-state index contributed by atoms with van der Waals surface area (Å²) in [7, 11) is 0. The fourth-order valence-electron chi connectivity index (χ4n) is 7.92. The number of aliphatic hydroxyl groups is 1. The number of carbonyl (C=O) groups is 4. The number of hydrogen-bond donors (Lipinski definition) is 1. The lowest BCUT2D eigenvalue weighted by Crippen LogP contribution is -2.69. The van der Waals surface area contributed by atoms with Gasteiger partial charge in [0.2, 0.25) is 5.78 Å². The lowest BCUT2D eigenvalue weighted by atomic mass is 9.46. The Morgan fingerprint density at radius 3 is 2.54 bits per heavy atom. The maximum absolute atomic E-state index is 13.8. The lowest BCUT2D eigenvalue weighted by Gasteiger charge is -2.64. The molecule has 4 rings (SSSR count). The highest BCUT2D eigenvalue weighted by molar-refractivity contribution is 9.10. The molecule has 4 aliphatic carbocycles. The Balaban J connectivity index is 1.82. The predicted octanol–water partition coefficient (Wildman–Crippen LogP) is 3.85. The molecule has 0 aromatic rings. The molecule has 35 heavy (non-hydrogen) atoms. The fraction of sp³-hybridized carbons (Fsp3) is 0.704. The number of fused-ring (bicyclic) bond motifs is 5. The first-order valence-electron chi connectivity index (χ1n) is 12.5. The van der Waals surface area contributed by atoms with Crippen LogP contribution in [0.4, 0.5) is 0 Å². The lowest BCUT2D eigenvalue weighted by molar-refractivity contribution is -0.202.